The Balaban J connectivity index is 1.02. The second-order valence-corrected chi connectivity index (χ2v) is 15.6. The summed E-state index contributed by atoms with van der Waals surface area (Å²) in [5.74, 6) is 0.674. The summed E-state index contributed by atoms with van der Waals surface area (Å²) in [5.41, 5.74) is 8.72. The molecule has 13 rings (SSSR count). The first-order valence-electron chi connectivity index (χ1n) is 18.6. The van der Waals surface area contributed by atoms with Crippen LogP contribution in [0.15, 0.2) is 168 Å². The molecule has 0 N–H and O–H groups in total. The number of benzene rings is 9. The normalized spacial score (nSPS) is 12.4. The Hall–Kier alpha value is -7.08. The van der Waals surface area contributed by atoms with Crippen LogP contribution in [-0.4, -0.2) is 14.5 Å². The van der Waals surface area contributed by atoms with Gasteiger partial charge in [-0.1, -0.05) is 109 Å². The maximum absolute atomic E-state index is 6.49. The van der Waals surface area contributed by atoms with Gasteiger partial charge in [0.05, 0.1) is 11.0 Å². The van der Waals surface area contributed by atoms with Crippen LogP contribution < -0.4 is 0 Å². The molecule has 0 radical (unpaired) electrons. The summed E-state index contributed by atoms with van der Waals surface area (Å²) in [6, 6.07) is 58.9. The number of furan rings is 1. The van der Waals surface area contributed by atoms with E-state index >= 15 is 0 Å². The lowest BCUT2D eigenvalue weighted by atomic mass is 10.00. The number of nitrogens with zero attached hydrogens (tertiary/aromatic N) is 3. The smallest absolute Gasteiger partial charge is 0.180 e. The van der Waals surface area contributed by atoms with E-state index in [9.17, 15) is 0 Å². The molecule has 0 saturated carbocycles. The Morgan fingerprint density at radius 1 is 0.473 bits per heavy atom. The molecule has 0 atom stereocenters. The summed E-state index contributed by atoms with van der Waals surface area (Å²) >= 11 is 1.89. The van der Waals surface area contributed by atoms with Crippen molar-refractivity contribution in [3.63, 3.8) is 0 Å². The van der Waals surface area contributed by atoms with Crippen molar-refractivity contribution < 1.29 is 4.42 Å². The summed E-state index contributed by atoms with van der Waals surface area (Å²) in [7, 11) is 0. The minimum Gasteiger partial charge on any atom is -0.452 e. The summed E-state index contributed by atoms with van der Waals surface area (Å²) in [4.78, 5) is 10.5. The van der Waals surface area contributed by atoms with Crippen LogP contribution in [0.2, 0.25) is 0 Å². The molecule has 0 unspecified atom stereocenters. The van der Waals surface area contributed by atoms with Crippen molar-refractivity contribution in [3.05, 3.63) is 164 Å². The van der Waals surface area contributed by atoms with Crippen molar-refractivity contribution in [3.8, 4) is 28.3 Å². The fourth-order valence-corrected chi connectivity index (χ4v) is 10.3. The van der Waals surface area contributed by atoms with Gasteiger partial charge in [-0.15, -0.1) is 11.3 Å². The third-order valence-corrected chi connectivity index (χ3v) is 12.6. The molecule has 254 valence electrons. The summed E-state index contributed by atoms with van der Waals surface area (Å²) in [6.07, 6.45) is 0. The van der Waals surface area contributed by atoms with Crippen LogP contribution in [0.5, 0.6) is 0 Å². The minimum absolute atomic E-state index is 0.674. The van der Waals surface area contributed by atoms with Gasteiger partial charge in [0.25, 0.3) is 0 Å². The minimum atomic E-state index is 0.674. The second-order valence-electron chi connectivity index (χ2n) is 14.5. The van der Waals surface area contributed by atoms with Crippen LogP contribution in [-0.2, 0) is 0 Å². The van der Waals surface area contributed by atoms with E-state index in [1.807, 2.05) is 29.5 Å². The van der Waals surface area contributed by atoms with E-state index in [4.69, 9.17) is 14.4 Å². The number of para-hydroxylation sites is 1. The van der Waals surface area contributed by atoms with Crippen LogP contribution in [0, 0.1) is 0 Å². The fourth-order valence-electron chi connectivity index (χ4n) is 9.09. The molecule has 0 bridgehead atoms. The highest BCUT2D eigenvalue weighted by molar-refractivity contribution is 7.24. The van der Waals surface area contributed by atoms with E-state index in [1.54, 1.807) is 0 Å². The largest absolute Gasteiger partial charge is 0.452 e. The summed E-state index contributed by atoms with van der Waals surface area (Å²) in [6.45, 7) is 0. The van der Waals surface area contributed by atoms with E-state index in [0.717, 1.165) is 60.5 Å². The lowest BCUT2D eigenvalue weighted by Gasteiger charge is -2.12. The van der Waals surface area contributed by atoms with Gasteiger partial charge >= 0.3 is 0 Å². The Morgan fingerprint density at radius 3 is 1.91 bits per heavy atom. The SMILES string of the molecule is c1ccc2c(-c3nc(-c4ccc5cc(-n6c7ccc8cccc9sc%10cccc%11ccc6c(c%11%10)c7c89)ccc5c4)nc4c3oc3ccccc34)cccc2c1. The number of hydrogen-bond acceptors (Lipinski definition) is 4. The van der Waals surface area contributed by atoms with Crippen molar-refractivity contribution in [1.82, 2.24) is 14.5 Å². The van der Waals surface area contributed by atoms with Crippen molar-refractivity contribution in [2.75, 3.05) is 0 Å². The van der Waals surface area contributed by atoms with Crippen molar-refractivity contribution in [2.24, 2.45) is 0 Å². The Bertz CT molecular complexity index is 3630. The van der Waals surface area contributed by atoms with Crippen LogP contribution >= 0.6 is 11.3 Å². The fraction of sp³-hybridized carbons (Fsp3) is 0. The maximum atomic E-state index is 6.49. The predicted molar refractivity (Wildman–Crippen MR) is 231 cm³/mol. The third-order valence-electron chi connectivity index (χ3n) is 11.5. The molecular weight excluding hydrogens is 691 g/mol. The second kappa shape index (κ2) is 10.8. The molecule has 0 saturated heterocycles. The molecule has 0 fully saturated rings. The van der Waals surface area contributed by atoms with E-state index < -0.39 is 0 Å². The van der Waals surface area contributed by atoms with Crippen molar-refractivity contribution >= 4 is 108 Å². The van der Waals surface area contributed by atoms with Crippen LogP contribution in [0.3, 0.4) is 0 Å². The molecule has 4 heterocycles. The monoisotopic (exact) mass is 717 g/mol. The zero-order valence-corrected chi connectivity index (χ0v) is 30.1. The Labute approximate surface area is 317 Å². The first-order valence-corrected chi connectivity index (χ1v) is 19.4. The topological polar surface area (TPSA) is 43.9 Å². The van der Waals surface area contributed by atoms with Gasteiger partial charge in [-0.25, -0.2) is 9.97 Å². The summed E-state index contributed by atoms with van der Waals surface area (Å²) < 4.78 is 11.6. The Kier molecular flexibility index (Phi) is 5.74. The van der Waals surface area contributed by atoms with Crippen molar-refractivity contribution in [1.29, 1.82) is 0 Å². The van der Waals surface area contributed by atoms with Gasteiger partial charge in [0, 0.05) is 53.1 Å². The molecule has 0 spiro atoms. The van der Waals surface area contributed by atoms with Gasteiger partial charge in [0.1, 0.15) is 16.8 Å². The van der Waals surface area contributed by atoms with Gasteiger partial charge in [-0.3, -0.25) is 0 Å². The quantitative estimate of drug-likeness (QED) is 0.183. The first kappa shape index (κ1) is 29.4. The van der Waals surface area contributed by atoms with E-state index in [2.05, 4.69) is 150 Å². The molecule has 4 aromatic heterocycles. The molecular formula is C50H27N3OS. The number of aromatic nitrogens is 3. The van der Waals surface area contributed by atoms with Gasteiger partial charge in [0.15, 0.2) is 11.4 Å². The Morgan fingerprint density at radius 2 is 1.11 bits per heavy atom. The molecule has 5 heteroatoms. The highest BCUT2D eigenvalue weighted by Gasteiger charge is 2.22. The average Bonchev–Trinajstić information content (AvgIpc) is 3.74. The van der Waals surface area contributed by atoms with Gasteiger partial charge in [-0.05, 0) is 86.9 Å². The molecule has 4 nitrogen and oxygen atoms in total. The highest BCUT2D eigenvalue weighted by atomic mass is 32.1. The van der Waals surface area contributed by atoms with E-state index in [-0.39, 0.29) is 0 Å². The number of hydrogen-bond donors (Lipinski definition) is 0. The lowest BCUT2D eigenvalue weighted by molar-refractivity contribution is 0.667. The average molecular weight is 718 g/mol. The van der Waals surface area contributed by atoms with Crippen LogP contribution in [0.25, 0.3) is 125 Å². The van der Waals surface area contributed by atoms with Crippen molar-refractivity contribution in [2.45, 2.75) is 0 Å². The predicted octanol–water partition coefficient (Wildman–Crippen LogP) is 14.1. The van der Waals surface area contributed by atoms with Gasteiger partial charge in [0.2, 0.25) is 0 Å². The zero-order valence-electron chi connectivity index (χ0n) is 29.2. The van der Waals surface area contributed by atoms with Crippen LogP contribution in [0.1, 0.15) is 0 Å². The highest BCUT2D eigenvalue weighted by Crippen LogP contribution is 2.46. The zero-order chi connectivity index (χ0) is 35.8. The van der Waals surface area contributed by atoms with E-state index in [1.165, 1.54) is 52.8 Å². The van der Waals surface area contributed by atoms with Gasteiger partial charge in [-0.2, -0.15) is 0 Å². The molecule has 13 aromatic rings. The van der Waals surface area contributed by atoms with Crippen LogP contribution in [0.4, 0.5) is 0 Å². The number of fused-ring (bicyclic) bond motifs is 5. The summed E-state index contributed by atoms with van der Waals surface area (Å²) in [5, 5.41) is 13.5. The van der Waals surface area contributed by atoms with E-state index in [0.29, 0.717) is 11.4 Å². The molecule has 9 aromatic carbocycles. The van der Waals surface area contributed by atoms with Gasteiger partial charge < -0.3 is 8.98 Å². The maximum Gasteiger partial charge on any atom is 0.180 e. The molecule has 0 amide bonds. The lowest BCUT2D eigenvalue weighted by Crippen LogP contribution is -1.96. The molecule has 0 aliphatic heterocycles. The number of rotatable bonds is 3. The first-order chi connectivity index (χ1) is 27.2. The third kappa shape index (κ3) is 4.05. The molecule has 55 heavy (non-hydrogen) atoms. The molecule has 0 aliphatic carbocycles. The molecule has 0 aliphatic rings. The standard InChI is InChI=1S/C50H27N3OS/c1-2-12-35-28(8-1)9-5-14-36(35)47-49-48(37-13-3-4-15-40(37)54-49)52-50(51-47)33-19-18-32-27-34(23-20-31(32)26-33)53-38-24-21-29-10-6-16-41-43(29)45(38)46-39(53)25-22-30-11-7-17-42(55-41)44(30)46/h1-27H.